The van der Waals surface area contributed by atoms with E-state index in [1.54, 1.807) is 12.1 Å². The van der Waals surface area contributed by atoms with E-state index in [0.717, 1.165) is 16.9 Å². The number of aromatic hydroxyl groups is 1. The summed E-state index contributed by atoms with van der Waals surface area (Å²) in [5.74, 6) is -0.465. The second-order valence-electron chi connectivity index (χ2n) is 3.44. The van der Waals surface area contributed by atoms with Crippen LogP contribution < -0.4 is 5.32 Å². The van der Waals surface area contributed by atoms with Crippen LogP contribution in [0, 0.1) is 6.92 Å². The number of aromatic nitrogens is 1. The Labute approximate surface area is 107 Å². The highest BCUT2D eigenvalue weighted by Crippen LogP contribution is 2.24. The molecule has 0 atom stereocenters. The van der Waals surface area contributed by atoms with Gasteiger partial charge in [-0.15, -0.1) is 0 Å². The van der Waals surface area contributed by atoms with Crippen molar-refractivity contribution in [3.8, 4) is 5.75 Å². The number of hydrogen-bond donors (Lipinski definition) is 2. The first-order valence-electron chi connectivity index (χ1n) is 4.78. The molecule has 0 bridgehead atoms. The van der Waals surface area contributed by atoms with Crippen molar-refractivity contribution < 1.29 is 9.90 Å². The van der Waals surface area contributed by atoms with Crippen LogP contribution in [0.25, 0.3) is 0 Å². The molecule has 1 heterocycles. The quantitative estimate of drug-likeness (QED) is 0.880. The standard InChI is InChI=1S/C11H9ClN2O2S/c1-6-2-3-8(15)7(4-6)10(16)14-11-13-5-9(12)17-11/h2-5,15H,1H3,(H,13,14,16). The predicted molar refractivity (Wildman–Crippen MR) is 67.9 cm³/mol. The Balaban J connectivity index is 2.22. The number of carbonyl (C=O) groups excluding carboxylic acids is 1. The minimum atomic E-state index is -0.405. The van der Waals surface area contributed by atoms with Gasteiger partial charge in [-0.05, 0) is 19.1 Å². The summed E-state index contributed by atoms with van der Waals surface area (Å²) >= 11 is 6.86. The first-order chi connectivity index (χ1) is 8.06. The zero-order valence-electron chi connectivity index (χ0n) is 8.90. The number of aryl methyl sites for hydroxylation is 1. The molecule has 0 spiro atoms. The molecule has 2 rings (SSSR count). The van der Waals surface area contributed by atoms with Gasteiger partial charge in [-0.1, -0.05) is 34.6 Å². The lowest BCUT2D eigenvalue weighted by Crippen LogP contribution is -2.11. The lowest BCUT2D eigenvalue weighted by atomic mass is 10.1. The van der Waals surface area contributed by atoms with E-state index in [4.69, 9.17) is 11.6 Å². The molecule has 0 fully saturated rings. The normalized spacial score (nSPS) is 10.2. The third-order valence-corrected chi connectivity index (χ3v) is 3.12. The van der Waals surface area contributed by atoms with E-state index in [1.807, 2.05) is 6.92 Å². The number of phenolic OH excluding ortho intramolecular Hbond substituents is 1. The number of nitrogens with zero attached hydrogens (tertiary/aromatic N) is 1. The van der Waals surface area contributed by atoms with Gasteiger partial charge >= 0.3 is 0 Å². The molecule has 0 aliphatic carbocycles. The number of halogens is 1. The van der Waals surface area contributed by atoms with E-state index in [2.05, 4.69) is 10.3 Å². The molecule has 1 aromatic carbocycles. The van der Waals surface area contributed by atoms with Crippen LogP contribution in [0.1, 0.15) is 15.9 Å². The molecule has 0 radical (unpaired) electrons. The number of carbonyl (C=O) groups is 1. The molecule has 6 heteroatoms. The summed E-state index contributed by atoms with van der Waals surface area (Å²) in [6.07, 6.45) is 1.46. The van der Waals surface area contributed by atoms with Gasteiger partial charge in [0.1, 0.15) is 10.1 Å². The predicted octanol–water partition coefficient (Wildman–Crippen LogP) is 3.06. The van der Waals surface area contributed by atoms with Gasteiger partial charge in [0.25, 0.3) is 5.91 Å². The smallest absolute Gasteiger partial charge is 0.261 e. The molecule has 2 aromatic rings. The first kappa shape index (κ1) is 11.9. The van der Waals surface area contributed by atoms with Crippen LogP contribution in [0.5, 0.6) is 5.75 Å². The minimum Gasteiger partial charge on any atom is -0.507 e. The number of anilines is 1. The maximum Gasteiger partial charge on any atom is 0.261 e. The summed E-state index contributed by atoms with van der Waals surface area (Å²) in [5, 5.41) is 12.6. The summed E-state index contributed by atoms with van der Waals surface area (Å²) in [6.45, 7) is 1.84. The number of hydrogen-bond acceptors (Lipinski definition) is 4. The third kappa shape index (κ3) is 2.75. The van der Waals surface area contributed by atoms with E-state index < -0.39 is 5.91 Å². The topological polar surface area (TPSA) is 62.2 Å². The average molecular weight is 269 g/mol. The fraction of sp³-hybridized carbons (Fsp3) is 0.0909. The van der Waals surface area contributed by atoms with Crippen LogP contribution in [0.4, 0.5) is 5.13 Å². The number of amides is 1. The minimum absolute atomic E-state index is 0.0595. The van der Waals surface area contributed by atoms with E-state index in [9.17, 15) is 9.90 Å². The van der Waals surface area contributed by atoms with Gasteiger partial charge < -0.3 is 5.11 Å². The number of rotatable bonds is 2. The zero-order valence-corrected chi connectivity index (χ0v) is 10.5. The van der Waals surface area contributed by atoms with Gasteiger partial charge in [0.2, 0.25) is 0 Å². The van der Waals surface area contributed by atoms with Gasteiger partial charge in [-0.2, -0.15) is 0 Å². The van der Waals surface area contributed by atoms with Crippen LogP contribution in [-0.2, 0) is 0 Å². The Morgan fingerprint density at radius 2 is 2.29 bits per heavy atom. The van der Waals surface area contributed by atoms with Crippen molar-refractivity contribution in [2.24, 2.45) is 0 Å². The molecule has 0 aliphatic heterocycles. The van der Waals surface area contributed by atoms with E-state index in [1.165, 1.54) is 12.3 Å². The SMILES string of the molecule is Cc1ccc(O)c(C(=O)Nc2ncc(Cl)s2)c1. The van der Waals surface area contributed by atoms with Crippen molar-refractivity contribution in [2.75, 3.05) is 5.32 Å². The van der Waals surface area contributed by atoms with Crippen molar-refractivity contribution in [3.05, 3.63) is 39.9 Å². The number of nitrogens with one attached hydrogen (secondary N) is 1. The van der Waals surface area contributed by atoms with Crippen molar-refractivity contribution >= 4 is 34.0 Å². The summed E-state index contributed by atoms with van der Waals surface area (Å²) in [4.78, 5) is 15.8. The molecule has 2 N–H and O–H groups in total. The molecule has 17 heavy (non-hydrogen) atoms. The molecular weight excluding hydrogens is 260 g/mol. The van der Waals surface area contributed by atoms with Crippen molar-refractivity contribution in [2.45, 2.75) is 6.92 Å². The second-order valence-corrected chi connectivity index (χ2v) is 5.11. The molecule has 1 amide bonds. The third-order valence-electron chi connectivity index (χ3n) is 2.09. The highest BCUT2D eigenvalue weighted by Gasteiger charge is 2.13. The number of benzene rings is 1. The summed E-state index contributed by atoms with van der Waals surface area (Å²) in [5.41, 5.74) is 1.11. The second kappa shape index (κ2) is 4.73. The molecule has 0 saturated carbocycles. The molecule has 88 valence electrons. The zero-order chi connectivity index (χ0) is 12.4. The molecule has 0 unspecified atom stereocenters. The molecule has 1 aromatic heterocycles. The van der Waals surface area contributed by atoms with Gasteiger partial charge in [-0.25, -0.2) is 4.98 Å². The molecule has 0 aliphatic rings. The van der Waals surface area contributed by atoms with Crippen molar-refractivity contribution in [1.29, 1.82) is 0 Å². The lowest BCUT2D eigenvalue weighted by molar-refractivity contribution is 0.102. The van der Waals surface area contributed by atoms with Crippen molar-refractivity contribution in [1.82, 2.24) is 4.98 Å². The number of thiazole rings is 1. The van der Waals surface area contributed by atoms with Gasteiger partial charge in [0, 0.05) is 0 Å². The van der Waals surface area contributed by atoms with Crippen LogP contribution in [0.15, 0.2) is 24.4 Å². The van der Waals surface area contributed by atoms with Crippen LogP contribution >= 0.6 is 22.9 Å². The van der Waals surface area contributed by atoms with Crippen LogP contribution in [0.3, 0.4) is 0 Å². The Bertz CT molecular complexity index is 568. The molecular formula is C11H9ClN2O2S. The van der Waals surface area contributed by atoms with E-state index in [-0.39, 0.29) is 11.3 Å². The number of phenols is 1. The highest BCUT2D eigenvalue weighted by molar-refractivity contribution is 7.19. The largest absolute Gasteiger partial charge is 0.507 e. The fourth-order valence-corrected chi connectivity index (χ4v) is 2.12. The van der Waals surface area contributed by atoms with Gasteiger partial charge in [0.15, 0.2) is 5.13 Å². The molecule has 4 nitrogen and oxygen atoms in total. The first-order valence-corrected chi connectivity index (χ1v) is 5.98. The summed E-state index contributed by atoms with van der Waals surface area (Å²) < 4.78 is 0.494. The van der Waals surface area contributed by atoms with Crippen molar-refractivity contribution in [3.63, 3.8) is 0 Å². The maximum atomic E-state index is 11.8. The monoisotopic (exact) mass is 268 g/mol. The van der Waals surface area contributed by atoms with Crippen LogP contribution in [0.2, 0.25) is 4.34 Å². The van der Waals surface area contributed by atoms with E-state index >= 15 is 0 Å². The fourth-order valence-electron chi connectivity index (χ4n) is 1.31. The Morgan fingerprint density at radius 1 is 1.53 bits per heavy atom. The Hall–Kier alpha value is -1.59. The Kier molecular flexibility index (Phi) is 3.31. The van der Waals surface area contributed by atoms with Gasteiger partial charge in [0.05, 0.1) is 11.8 Å². The Morgan fingerprint density at radius 3 is 2.94 bits per heavy atom. The van der Waals surface area contributed by atoms with Crippen LogP contribution in [-0.4, -0.2) is 16.0 Å². The lowest BCUT2D eigenvalue weighted by Gasteiger charge is -2.05. The average Bonchev–Trinajstić information content (AvgIpc) is 2.67. The maximum absolute atomic E-state index is 11.8. The highest BCUT2D eigenvalue weighted by atomic mass is 35.5. The van der Waals surface area contributed by atoms with E-state index in [0.29, 0.717) is 9.47 Å². The summed E-state index contributed by atoms with van der Waals surface area (Å²) in [6, 6.07) is 4.82. The summed E-state index contributed by atoms with van der Waals surface area (Å²) in [7, 11) is 0. The van der Waals surface area contributed by atoms with Gasteiger partial charge in [-0.3, -0.25) is 10.1 Å². The molecule has 0 saturated heterocycles.